The molecule has 0 radical (unpaired) electrons. The predicted octanol–water partition coefficient (Wildman–Crippen LogP) is 2.87. The van der Waals surface area contributed by atoms with Crippen molar-refractivity contribution < 1.29 is 9.90 Å². The SMILES string of the molecule is CN(C)C(=O)Cc1nn(-c2ccc(O)cc2)c(=O)c2c1c1ccc(Cl)cc1n2C. The zero-order chi connectivity index (χ0) is 20.9. The smallest absolute Gasteiger partial charge is 0.296 e. The maximum atomic E-state index is 13.3. The molecule has 0 saturated carbocycles. The topological polar surface area (TPSA) is 80.4 Å². The number of nitrogens with zero attached hydrogens (tertiary/aromatic N) is 4. The van der Waals surface area contributed by atoms with E-state index in [1.54, 1.807) is 50.0 Å². The Bertz CT molecular complexity index is 1320. The van der Waals surface area contributed by atoms with E-state index >= 15 is 0 Å². The molecule has 0 unspecified atom stereocenters. The molecule has 0 spiro atoms. The number of halogens is 1. The van der Waals surface area contributed by atoms with Gasteiger partial charge in [-0.25, -0.2) is 0 Å². The number of likely N-dealkylation sites (N-methyl/N-ethyl adjacent to an activating group) is 1. The molecule has 1 N–H and O–H groups in total. The Morgan fingerprint density at radius 2 is 1.86 bits per heavy atom. The molecule has 0 bridgehead atoms. The predicted molar refractivity (Wildman–Crippen MR) is 113 cm³/mol. The third-order valence-electron chi connectivity index (χ3n) is 4.98. The molecule has 0 aliphatic carbocycles. The molecule has 0 aliphatic heterocycles. The average molecular weight is 411 g/mol. The molecule has 1 amide bonds. The highest BCUT2D eigenvalue weighted by molar-refractivity contribution is 6.31. The van der Waals surface area contributed by atoms with Crippen molar-refractivity contribution in [3.63, 3.8) is 0 Å². The van der Waals surface area contributed by atoms with Crippen molar-refractivity contribution in [2.24, 2.45) is 7.05 Å². The molecule has 4 aromatic rings. The van der Waals surface area contributed by atoms with Gasteiger partial charge in [0, 0.05) is 36.9 Å². The summed E-state index contributed by atoms with van der Waals surface area (Å²) in [6.07, 6.45) is 0.0452. The van der Waals surface area contributed by atoms with Crippen molar-refractivity contribution in [3.8, 4) is 11.4 Å². The normalized spacial score (nSPS) is 11.3. The zero-order valence-electron chi connectivity index (χ0n) is 16.2. The highest BCUT2D eigenvalue weighted by Crippen LogP contribution is 2.31. The number of rotatable bonds is 3. The van der Waals surface area contributed by atoms with Crippen molar-refractivity contribution >= 4 is 39.3 Å². The van der Waals surface area contributed by atoms with Crippen LogP contribution in [0.25, 0.3) is 27.5 Å². The summed E-state index contributed by atoms with van der Waals surface area (Å²) in [6.45, 7) is 0. The van der Waals surface area contributed by atoms with Crippen LogP contribution in [0.4, 0.5) is 0 Å². The Morgan fingerprint density at radius 3 is 2.52 bits per heavy atom. The van der Waals surface area contributed by atoms with Crippen molar-refractivity contribution in [1.29, 1.82) is 0 Å². The van der Waals surface area contributed by atoms with Crippen LogP contribution in [0, 0.1) is 0 Å². The largest absolute Gasteiger partial charge is 0.508 e. The van der Waals surface area contributed by atoms with Gasteiger partial charge in [-0.15, -0.1) is 0 Å². The Kier molecular flexibility index (Phi) is 4.55. The Balaban J connectivity index is 2.11. The van der Waals surface area contributed by atoms with Gasteiger partial charge in [-0.1, -0.05) is 17.7 Å². The fraction of sp³-hybridized carbons (Fsp3) is 0.190. The van der Waals surface area contributed by atoms with Crippen molar-refractivity contribution in [1.82, 2.24) is 19.2 Å². The Morgan fingerprint density at radius 1 is 1.17 bits per heavy atom. The first-order valence-electron chi connectivity index (χ1n) is 8.97. The number of fused-ring (bicyclic) bond motifs is 3. The molecule has 4 rings (SSSR count). The summed E-state index contributed by atoms with van der Waals surface area (Å²) < 4.78 is 3.04. The number of benzene rings is 2. The molecule has 0 aliphatic rings. The molecule has 0 fully saturated rings. The number of phenols is 1. The fourth-order valence-corrected chi connectivity index (χ4v) is 3.63. The maximum Gasteiger partial charge on any atom is 0.296 e. The number of hydrogen-bond acceptors (Lipinski definition) is 4. The molecule has 0 atom stereocenters. The van der Waals surface area contributed by atoms with Gasteiger partial charge in [-0.05, 0) is 36.4 Å². The van der Waals surface area contributed by atoms with Crippen LogP contribution in [-0.4, -0.2) is 44.4 Å². The second-order valence-electron chi connectivity index (χ2n) is 7.09. The number of aromatic nitrogens is 3. The molecule has 8 heteroatoms. The number of carbonyl (C=O) groups is 1. The van der Waals surface area contributed by atoms with Crippen LogP contribution < -0.4 is 5.56 Å². The van der Waals surface area contributed by atoms with Gasteiger partial charge in [-0.2, -0.15) is 9.78 Å². The van der Waals surface area contributed by atoms with Gasteiger partial charge >= 0.3 is 0 Å². The summed E-state index contributed by atoms with van der Waals surface area (Å²) in [5.74, 6) is -0.0363. The maximum absolute atomic E-state index is 13.3. The average Bonchev–Trinajstić information content (AvgIpc) is 2.97. The third kappa shape index (κ3) is 3.13. The standard InChI is InChI=1S/C21H19ClN4O3/c1-24(2)18(28)11-16-19-15-9-4-12(22)10-17(15)25(3)20(19)21(29)26(23-16)13-5-7-14(27)8-6-13/h4-10,27H,11H2,1-3H3. The van der Waals surface area contributed by atoms with Gasteiger partial charge in [0.15, 0.2) is 0 Å². The van der Waals surface area contributed by atoms with E-state index in [0.29, 0.717) is 27.3 Å². The molecule has 0 saturated heterocycles. The molecular formula is C21H19ClN4O3. The van der Waals surface area contributed by atoms with Gasteiger partial charge in [0.1, 0.15) is 11.3 Å². The number of phenolic OH excluding ortho intramolecular Hbond substituents is 1. The van der Waals surface area contributed by atoms with Gasteiger partial charge < -0.3 is 14.6 Å². The van der Waals surface area contributed by atoms with Crippen molar-refractivity contribution in [2.45, 2.75) is 6.42 Å². The van der Waals surface area contributed by atoms with E-state index in [2.05, 4.69) is 5.10 Å². The van der Waals surface area contributed by atoms with Gasteiger partial charge in [0.25, 0.3) is 5.56 Å². The van der Waals surface area contributed by atoms with E-state index in [1.807, 2.05) is 6.07 Å². The lowest BCUT2D eigenvalue weighted by Crippen LogP contribution is -2.28. The molecule has 7 nitrogen and oxygen atoms in total. The molecule has 2 aromatic carbocycles. The first-order valence-corrected chi connectivity index (χ1v) is 9.35. The van der Waals surface area contributed by atoms with E-state index in [1.165, 1.54) is 21.7 Å². The molecular weight excluding hydrogens is 392 g/mol. The molecule has 148 valence electrons. The lowest BCUT2D eigenvalue weighted by Gasteiger charge is -2.13. The highest BCUT2D eigenvalue weighted by atomic mass is 35.5. The van der Waals surface area contributed by atoms with E-state index < -0.39 is 0 Å². The Hall–Kier alpha value is -3.32. The first kappa shape index (κ1) is 19.0. The van der Waals surface area contributed by atoms with Gasteiger partial charge in [-0.3, -0.25) is 9.59 Å². The second-order valence-corrected chi connectivity index (χ2v) is 7.53. The first-order chi connectivity index (χ1) is 13.8. The lowest BCUT2D eigenvalue weighted by molar-refractivity contribution is -0.128. The molecule has 29 heavy (non-hydrogen) atoms. The monoisotopic (exact) mass is 410 g/mol. The van der Waals surface area contributed by atoms with Crippen LogP contribution in [-0.2, 0) is 18.3 Å². The quantitative estimate of drug-likeness (QED) is 0.563. The minimum Gasteiger partial charge on any atom is -0.508 e. The minimum absolute atomic E-state index is 0.0452. The molecule has 2 heterocycles. The summed E-state index contributed by atoms with van der Waals surface area (Å²) in [4.78, 5) is 27.3. The van der Waals surface area contributed by atoms with Crippen molar-refractivity contribution in [3.05, 3.63) is 63.5 Å². The number of aryl methyl sites for hydroxylation is 1. The van der Waals surface area contributed by atoms with E-state index in [0.717, 1.165) is 10.9 Å². The summed E-state index contributed by atoms with van der Waals surface area (Å²) in [5.41, 5.74) is 1.90. The number of hydrogen-bond donors (Lipinski definition) is 1. The van der Waals surface area contributed by atoms with E-state index in [4.69, 9.17) is 11.6 Å². The van der Waals surface area contributed by atoms with Crippen LogP contribution in [0.5, 0.6) is 5.75 Å². The summed E-state index contributed by atoms with van der Waals surface area (Å²) in [6, 6.07) is 11.6. The summed E-state index contributed by atoms with van der Waals surface area (Å²) >= 11 is 6.17. The lowest BCUT2D eigenvalue weighted by atomic mass is 10.1. The summed E-state index contributed by atoms with van der Waals surface area (Å²) in [5, 5.41) is 16.1. The van der Waals surface area contributed by atoms with Gasteiger partial charge in [0.2, 0.25) is 5.91 Å². The fourth-order valence-electron chi connectivity index (χ4n) is 3.46. The van der Waals surface area contributed by atoms with Crippen LogP contribution in [0.1, 0.15) is 5.69 Å². The number of aromatic hydroxyl groups is 1. The number of carbonyl (C=O) groups excluding carboxylic acids is 1. The second kappa shape index (κ2) is 6.93. The molecule has 2 aromatic heterocycles. The minimum atomic E-state index is -0.318. The Labute approximate surface area is 171 Å². The van der Waals surface area contributed by atoms with E-state index in [9.17, 15) is 14.7 Å². The zero-order valence-corrected chi connectivity index (χ0v) is 16.9. The van der Waals surface area contributed by atoms with Crippen molar-refractivity contribution in [2.75, 3.05) is 14.1 Å². The highest BCUT2D eigenvalue weighted by Gasteiger charge is 2.21. The third-order valence-corrected chi connectivity index (χ3v) is 5.21. The van der Waals surface area contributed by atoms with E-state index in [-0.39, 0.29) is 23.6 Å². The summed E-state index contributed by atoms with van der Waals surface area (Å²) in [7, 11) is 5.15. The van der Waals surface area contributed by atoms with Crippen LogP contribution in [0.15, 0.2) is 47.3 Å². The van der Waals surface area contributed by atoms with Crippen LogP contribution >= 0.6 is 11.6 Å². The number of amides is 1. The van der Waals surface area contributed by atoms with Crippen LogP contribution in [0.2, 0.25) is 5.02 Å². The van der Waals surface area contributed by atoms with Gasteiger partial charge in [0.05, 0.1) is 23.3 Å². The van der Waals surface area contributed by atoms with Crippen LogP contribution in [0.3, 0.4) is 0 Å².